The van der Waals surface area contributed by atoms with E-state index >= 15 is 0 Å². The average Bonchev–Trinajstić information content (AvgIpc) is 2.63. The number of ether oxygens (including phenoxy) is 3. The molecule has 0 bridgehead atoms. The summed E-state index contributed by atoms with van der Waals surface area (Å²) in [6.07, 6.45) is 1.67. The van der Waals surface area contributed by atoms with Crippen LogP contribution in [0, 0.1) is 0 Å². The van der Waals surface area contributed by atoms with Gasteiger partial charge < -0.3 is 19.3 Å². The van der Waals surface area contributed by atoms with Gasteiger partial charge in [0.05, 0.1) is 12.2 Å². The Bertz CT molecular complexity index is 761. The smallest absolute Gasteiger partial charge is 0.161 e. The number of rotatable bonds is 3. The number of halogens is 1. The number of hydrogen-bond acceptors (Lipinski definition) is 4. The minimum absolute atomic E-state index is 0.0694. The molecule has 0 saturated carbocycles. The SMILES string of the molecule is OC1CCOC(c2ccc(Cl)c(Cc3ccc4c(c3)OCCO4)c2)C1. The van der Waals surface area contributed by atoms with Crippen LogP contribution in [0.2, 0.25) is 5.02 Å². The summed E-state index contributed by atoms with van der Waals surface area (Å²) in [5, 5.41) is 10.6. The Hall–Kier alpha value is -1.75. The quantitative estimate of drug-likeness (QED) is 0.901. The van der Waals surface area contributed by atoms with E-state index in [9.17, 15) is 5.11 Å². The lowest BCUT2D eigenvalue weighted by molar-refractivity contribution is -0.0448. The minimum atomic E-state index is -0.296. The van der Waals surface area contributed by atoms with E-state index in [2.05, 4.69) is 6.07 Å². The second-order valence-corrected chi connectivity index (χ2v) is 6.95. The first-order valence-electron chi connectivity index (χ1n) is 8.65. The van der Waals surface area contributed by atoms with Crippen LogP contribution in [-0.4, -0.2) is 31.0 Å². The summed E-state index contributed by atoms with van der Waals surface area (Å²) in [6.45, 7) is 1.76. The van der Waals surface area contributed by atoms with Gasteiger partial charge in [0.25, 0.3) is 0 Å². The van der Waals surface area contributed by atoms with Gasteiger partial charge >= 0.3 is 0 Å². The van der Waals surface area contributed by atoms with Crippen molar-refractivity contribution in [1.29, 1.82) is 0 Å². The molecule has 4 nitrogen and oxygen atoms in total. The third kappa shape index (κ3) is 3.76. The number of aliphatic hydroxyl groups is 1. The third-order valence-electron chi connectivity index (χ3n) is 4.70. The molecule has 2 aliphatic rings. The Kier molecular flexibility index (Phi) is 4.84. The summed E-state index contributed by atoms with van der Waals surface area (Å²) in [4.78, 5) is 0. The highest BCUT2D eigenvalue weighted by molar-refractivity contribution is 6.31. The van der Waals surface area contributed by atoms with Gasteiger partial charge in [-0.2, -0.15) is 0 Å². The summed E-state index contributed by atoms with van der Waals surface area (Å²) in [7, 11) is 0. The molecule has 2 aliphatic heterocycles. The van der Waals surface area contributed by atoms with E-state index in [1.54, 1.807) is 0 Å². The fourth-order valence-electron chi connectivity index (χ4n) is 3.36. The molecule has 1 saturated heterocycles. The molecule has 0 amide bonds. The van der Waals surface area contributed by atoms with E-state index in [1.807, 2.05) is 30.3 Å². The number of fused-ring (bicyclic) bond motifs is 1. The summed E-state index contributed by atoms with van der Waals surface area (Å²) in [6, 6.07) is 12.0. The lowest BCUT2D eigenvalue weighted by Gasteiger charge is -2.27. The first kappa shape index (κ1) is 16.7. The van der Waals surface area contributed by atoms with Crippen LogP contribution in [0.4, 0.5) is 0 Å². The van der Waals surface area contributed by atoms with Crippen molar-refractivity contribution in [3.8, 4) is 11.5 Å². The molecular formula is C20H21ClO4. The third-order valence-corrected chi connectivity index (χ3v) is 5.07. The Balaban J connectivity index is 1.56. The first-order valence-corrected chi connectivity index (χ1v) is 9.03. The van der Waals surface area contributed by atoms with Crippen molar-refractivity contribution in [2.75, 3.05) is 19.8 Å². The summed E-state index contributed by atoms with van der Waals surface area (Å²) in [5.41, 5.74) is 3.23. The zero-order valence-electron chi connectivity index (χ0n) is 13.9. The van der Waals surface area contributed by atoms with Crippen LogP contribution in [0.3, 0.4) is 0 Å². The monoisotopic (exact) mass is 360 g/mol. The zero-order chi connectivity index (χ0) is 17.2. The fraction of sp³-hybridized carbons (Fsp3) is 0.400. The van der Waals surface area contributed by atoms with Crippen molar-refractivity contribution in [3.63, 3.8) is 0 Å². The van der Waals surface area contributed by atoms with Gasteiger partial charge in [0.15, 0.2) is 11.5 Å². The van der Waals surface area contributed by atoms with Crippen LogP contribution in [0.5, 0.6) is 11.5 Å². The maximum Gasteiger partial charge on any atom is 0.161 e. The Morgan fingerprint density at radius 1 is 1.00 bits per heavy atom. The van der Waals surface area contributed by atoms with Crippen molar-refractivity contribution < 1.29 is 19.3 Å². The van der Waals surface area contributed by atoms with Gasteiger partial charge in [-0.25, -0.2) is 0 Å². The molecule has 2 unspecified atom stereocenters. The van der Waals surface area contributed by atoms with Crippen molar-refractivity contribution >= 4 is 11.6 Å². The normalized spacial score (nSPS) is 22.6. The molecule has 2 heterocycles. The van der Waals surface area contributed by atoms with Crippen molar-refractivity contribution in [1.82, 2.24) is 0 Å². The average molecular weight is 361 g/mol. The van der Waals surface area contributed by atoms with E-state index in [1.165, 1.54) is 0 Å². The predicted octanol–water partition coefficient (Wildman–Crippen LogP) is 3.91. The van der Waals surface area contributed by atoms with Crippen LogP contribution in [0.1, 0.15) is 35.6 Å². The molecule has 25 heavy (non-hydrogen) atoms. The molecule has 1 fully saturated rings. The van der Waals surface area contributed by atoms with Crippen LogP contribution in [-0.2, 0) is 11.2 Å². The van der Waals surface area contributed by atoms with Crippen molar-refractivity contribution in [2.24, 2.45) is 0 Å². The first-order chi connectivity index (χ1) is 12.2. The molecule has 2 aromatic carbocycles. The topological polar surface area (TPSA) is 47.9 Å². The van der Waals surface area contributed by atoms with Crippen LogP contribution >= 0.6 is 11.6 Å². The molecular weight excluding hydrogens is 340 g/mol. The van der Waals surface area contributed by atoms with Crippen molar-refractivity contribution in [3.05, 3.63) is 58.1 Å². The van der Waals surface area contributed by atoms with Crippen molar-refractivity contribution in [2.45, 2.75) is 31.5 Å². The van der Waals surface area contributed by atoms with Gasteiger partial charge in [0.1, 0.15) is 13.2 Å². The summed E-state index contributed by atoms with van der Waals surface area (Å²) < 4.78 is 17.0. The number of hydrogen-bond donors (Lipinski definition) is 1. The minimum Gasteiger partial charge on any atom is -0.486 e. The molecule has 2 atom stereocenters. The van der Waals surface area contributed by atoms with Gasteiger partial charge in [-0.1, -0.05) is 29.8 Å². The van der Waals surface area contributed by atoms with Gasteiger partial charge in [0.2, 0.25) is 0 Å². The Morgan fingerprint density at radius 2 is 1.84 bits per heavy atom. The summed E-state index contributed by atoms with van der Waals surface area (Å²) in [5.74, 6) is 1.58. The van der Waals surface area contributed by atoms with E-state index < -0.39 is 0 Å². The number of aliphatic hydroxyl groups excluding tert-OH is 1. The predicted molar refractivity (Wildman–Crippen MR) is 95.6 cm³/mol. The molecule has 0 aliphatic carbocycles. The Morgan fingerprint density at radius 3 is 2.68 bits per heavy atom. The molecule has 1 N–H and O–H groups in total. The highest BCUT2D eigenvalue weighted by Crippen LogP contribution is 2.34. The second kappa shape index (κ2) is 7.24. The van der Waals surface area contributed by atoms with Gasteiger partial charge in [-0.05, 0) is 47.7 Å². The molecule has 5 heteroatoms. The molecule has 4 rings (SSSR count). The van der Waals surface area contributed by atoms with E-state index in [-0.39, 0.29) is 12.2 Å². The lowest BCUT2D eigenvalue weighted by atomic mass is 9.96. The molecule has 0 spiro atoms. The van der Waals surface area contributed by atoms with Gasteiger partial charge in [-0.15, -0.1) is 0 Å². The maximum absolute atomic E-state index is 9.88. The lowest BCUT2D eigenvalue weighted by Crippen LogP contribution is -2.23. The van der Waals surface area contributed by atoms with Gasteiger partial charge in [-0.3, -0.25) is 0 Å². The molecule has 132 valence electrons. The molecule has 2 aromatic rings. The Labute approximate surface area is 152 Å². The van der Waals surface area contributed by atoms with Crippen LogP contribution < -0.4 is 9.47 Å². The highest BCUT2D eigenvalue weighted by Gasteiger charge is 2.23. The van der Waals surface area contributed by atoms with E-state index in [4.69, 9.17) is 25.8 Å². The maximum atomic E-state index is 9.88. The second-order valence-electron chi connectivity index (χ2n) is 6.54. The fourth-order valence-corrected chi connectivity index (χ4v) is 3.54. The highest BCUT2D eigenvalue weighted by atomic mass is 35.5. The molecule has 0 aromatic heterocycles. The standard InChI is InChI=1S/C20H21ClO4/c21-17-3-2-14(19-12-16(22)5-6-23-19)11-15(17)9-13-1-4-18-20(10-13)25-8-7-24-18/h1-4,10-11,16,19,22H,5-9,12H2. The van der Waals surface area contributed by atoms with E-state index in [0.717, 1.165) is 33.2 Å². The van der Waals surface area contributed by atoms with E-state index in [0.29, 0.717) is 39.1 Å². The van der Waals surface area contributed by atoms with Crippen LogP contribution in [0.15, 0.2) is 36.4 Å². The number of benzene rings is 2. The summed E-state index contributed by atoms with van der Waals surface area (Å²) >= 11 is 6.41. The van der Waals surface area contributed by atoms with Gasteiger partial charge in [0, 0.05) is 18.1 Å². The largest absolute Gasteiger partial charge is 0.486 e. The van der Waals surface area contributed by atoms with Crippen LogP contribution in [0.25, 0.3) is 0 Å². The molecule has 0 radical (unpaired) electrons. The zero-order valence-corrected chi connectivity index (χ0v) is 14.7.